The van der Waals surface area contributed by atoms with Gasteiger partial charge in [-0.25, -0.2) is 9.78 Å². The Labute approximate surface area is 109 Å². The molecule has 0 unspecified atom stereocenters. The van der Waals surface area contributed by atoms with E-state index in [1.54, 1.807) is 31.9 Å². The molecule has 3 aromatic rings. The average Bonchev–Trinajstić information content (AvgIpc) is 2.92. The zero-order valence-electron chi connectivity index (χ0n) is 10.4. The van der Waals surface area contributed by atoms with E-state index in [0.717, 1.165) is 5.39 Å². The van der Waals surface area contributed by atoms with Crippen LogP contribution in [0.15, 0.2) is 52.2 Å². The second-order valence-corrected chi connectivity index (χ2v) is 4.17. The summed E-state index contributed by atoms with van der Waals surface area (Å²) in [5, 5.41) is 0.842. The number of methoxy groups -OCH3 is 1. The summed E-state index contributed by atoms with van der Waals surface area (Å²) in [7, 11) is 1.55. The number of rotatable bonds is 3. The van der Waals surface area contributed by atoms with Crippen molar-refractivity contribution in [1.29, 1.82) is 0 Å². The van der Waals surface area contributed by atoms with E-state index in [1.165, 1.54) is 0 Å². The minimum atomic E-state index is -0.356. The van der Waals surface area contributed by atoms with Gasteiger partial charge in [0, 0.05) is 17.8 Å². The van der Waals surface area contributed by atoms with E-state index in [2.05, 4.69) is 4.98 Å². The normalized spacial score (nSPS) is 10.8. The molecule has 96 valence electrons. The first-order valence-electron chi connectivity index (χ1n) is 5.83. The molecular formula is C14H12N2O3. The van der Waals surface area contributed by atoms with Gasteiger partial charge in [-0.05, 0) is 12.1 Å². The maximum atomic E-state index is 12.0. The lowest BCUT2D eigenvalue weighted by molar-refractivity contribution is 0.406. The average molecular weight is 256 g/mol. The molecule has 5 nitrogen and oxygen atoms in total. The summed E-state index contributed by atoms with van der Waals surface area (Å²) in [6.07, 6.45) is 5.14. The highest BCUT2D eigenvalue weighted by Gasteiger charge is 2.09. The Kier molecular flexibility index (Phi) is 2.79. The Morgan fingerprint density at radius 2 is 2.32 bits per heavy atom. The number of hydrogen-bond acceptors (Lipinski definition) is 4. The molecule has 2 heterocycles. The molecule has 0 saturated heterocycles. The van der Waals surface area contributed by atoms with Crippen molar-refractivity contribution < 1.29 is 9.15 Å². The lowest BCUT2D eigenvalue weighted by atomic mass is 10.1. The number of ether oxygens (including phenoxy) is 1. The predicted molar refractivity (Wildman–Crippen MR) is 70.4 cm³/mol. The summed E-state index contributed by atoms with van der Waals surface area (Å²) < 4.78 is 12.3. The van der Waals surface area contributed by atoms with Crippen molar-refractivity contribution in [1.82, 2.24) is 9.55 Å². The van der Waals surface area contributed by atoms with Crippen LogP contribution < -0.4 is 10.4 Å². The van der Waals surface area contributed by atoms with Crippen LogP contribution in [0.25, 0.3) is 11.0 Å². The SMILES string of the molecule is COc1cccc2cc(Cn3ccnc3)c(=O)oc12. The van der Waals surface area contributed by atoms with Crippen molar-refractivity contribution in [3.63, 3.8) is 0 Å². The van der Waals surface area contributed by atoms with Gasteiger partial charge in [0.1, 0.15) is 0 Å². The molecule has 2 aromatic heterocycles. The largest absolute Gasteiger partial charge is 0.493 e. The Bertz CT molecular complexity index is 760. The Hall–Kier alpha value is -2.56. The van der Waals surface area contributed by atoms with E-state index in [1.807, 2.05) is 22.8 Å². The lowest BCUT2D eigenvalue weighted by Gasteiger charge is -2.06. The number of fused-ring (bicyclic) bond motifs is 1. The molecule has 0 bridgehead atoms. The summed E-state index contributed by atoms with van der Waals surface area (Å²) in [6, 6.07) is 7.34. The van der Waals surface area contributed by atoms with E-state index in [4.69, 9.17) is 9.15 Å². The van der Waals surface area contributed by atoms with E-state index in [-0.39, 0.29) is 5.63 Å². The summed E-state index contributed by atoms with van der Waals surface area (Å²) in [4.78, 5) is 15.9. The van der Waals surface area contributed by atoms with Crippen LogP contribution in [0.3, 0.4) is 0 Å². The van der Waals surface area contributed by atoms with Crippen molar-refractivity contribution in [2.24, 2.45) is 0 Å². The molecule has 0 amide bonds. The summed E-state index contributed by atoms with van der Waals surface area (Å²) >= 11 is 0. The molecule has 0 fully saturated rings. The van der Waals surface area contributed by atoms with Crippen LogP contribution >= 0.6 is 0 Å². The van der Waals surface area contributed by atoms with Gasteiger partial charge in [-0.1, -0.05) is 12.1 Å². The smallest absolute Gasteiger partial charge is 0.341 e. The molecule has 19 heavy (non-hydrogen) atoms. The molecule has 0 aliphatic heterocycles. The minimum Gasteiger partial charge on any atom is -0.493 e. The number of benzene rings is 1. The van der Waals surface area contributed by atoms with Crippen LogP contribution in [0.4, 0.5) is 0 Å². The van der Waals surface area contributed by atoms with Gasteiger partial charge in [-0.15, -0.1) is 0 Å². The molecule has 5 heteroatoms. The van der Waals surface area contributed by atoms with Gasteiger partial charge < -0.3 is 13.7 Å². The van der Waals surface area contributed by atoms with Crippen molar-refractivity contribution >= 4 is 11.0 Å². The van der Waals surface area contributed by atoms with Crippen LogP contribution in [-0.2, 0) is 6.54 Å². The van der Waals surface area contributed by atoms with Crippen molar-refractivity contribution in [2.75, 3.05) is 7.11 Å². The third-order valence-electron chi connectivity index (χ3n) is 2.93. The molecule has 0 aliphatic carbocycles. The molecule has 0 atom stereocenters. The second kappa shape index (κ2) is 4.61. The zero-order chi connectivity index (χ0) is 13.2. The maximum Gasteiger partial charge on any atom is 0.341 e. The topological polar surface area (TPSA) is 57.3 Å². The van der Waals surface area contributed by atoms with E-state index in [0.29, 0.717) is 23.4 Å². The number of hydrogen-bond donors (Lipinski definition) is 0. The van der Waals surface area contributed by atoms with Gasteiger partial charge in [0.2, 0.25) is 0 Å². The second-order valence-electron chi connectivity index (χ2n) is 4.17. The van der Waals surface area contributed by atoms with Crippen molar-refractivity contribution in [2.45, 2.75) is 6.54 Å². The molecule has 0 radical (unpaired) electrons. The number of aromatic nitrogens is 2. The molecule has 0 aliphatic rings. The van der Waals surface area contributed by atoms with Gasteiger partial charge in [-0.2, -0.15) is 0 Å². The minimum absolute atomic E-state index is 0.356. The first kappa shape index (κ1) is 11.5. The monoisotopic (exact) mass is 256 g/mol. The summed E-state index contributed by atoms with van der Waals surface area (Å²) in [5.74, 6) is 0.559. The Morgan fingerprint density at radius 3 is 3.05 bits per heavy atom. The zero-order valence-corrected chi connectivity index (χ0v) is 10.4. The molecular weight excluding hydrogens is 244 g/mol. The number of imidazole rings is 1. The quantitative estimate of drug-likeness (QED) is 0.673. The molecule has 0 spiro atoms. The molecule has 1 aromatic carbocycles. The highest BCUT2D eigenvalue weighted by atomic mass is 16.5. The number of para-hydroxylation sites is 1. The highest BCUT2D eigenvalue weighted by Crippen LogP contribution is 2.24. The third kappa shape index (κ3) is 2.10. The molecule has 0 saturated carbocycles. The van der Waals surface area contributed by atoms with Crippen LogP contribution in [0.2, 0.25) is 0 Å². The standard InChI is InChI=1S/C14H12N2O3/c1-18-12-4-2-3-10-7-11(14(17)19-13(10)12)8-16-6-5-15-9-16/h2-7,9H,8H2,1H3. The van der Waals surface area contributed by atoms with E-state index in [9.17, 15) is 4.79 Å². The molecule has 0 N–H and O–H groups in total. The predicted octanol–water partition coefficient (Wildman–Crippen LogP) is 2.05. The van der Waals surface area contributed by atoms with E-state index < -0.39 is 0 Å². The maximum absolute atomic E-state index is 12.0. The Balaban J connectivity index is 2.12. The van der Waals surface area contributed by atoms with E-state index >= 15 is 0 Å². The fourth-order valence-corrected chi connectivity index (χ4v) is 2.01. The summed E-state index contributed by atoms with van der Waals surface area (Å²) in [6.45, 7) is 0.440. The van der Waals surface area contributed by atoms with Crippen LogP contribution in [-0.4, -0.2) is 16.7 Å². The Morgan fingerprint density at radius 1 is 1.42 bits per heavy atom. The van der Waals surface area contributed by atoms with Gasteiger partial charge in [-0.3, -0.25) is 0 Å². The lowest BCUT2D eigenvalue weighted by Crippen LogP contribution is -2.11. The van der Waals surface area contributed by atoms with Crippen molar-refractivity contribution in [3.8, 4) is 5.75 Å². The van der Waals surface area contributed by atoms with Crippen LogP contribution in [0.5, 0.6) is 5.75 Å². The first-order chi connectivity index (χ1) is 9.28. The number of nitrogens with zero attached hydrogens (tertiary/aromatic N) is 2. The third-order valence-corrected chi connectivity index (χ3v) is 2.93. The van der Waals surface area contributed by atoms with Gasteiger partial charge in [0.05, 0.1) is 25.5 Å². The van der Waals surface area contributed by atoms with Crippen molar-refractivity contribution in [3.05, 3.63) is 59.0 Å². The summed E-state index contributed by atoms with van der Waals surface area (Å²) in [5.41, 5.74) is 0.703. The fraction of sp³-hybridized carbons (Fsp3) is 0.143. The fourth-order valence-electron chi connectivity index (χ4n) is 2.01. The van der Waals surface area contributed by atoms with Gasteiger partial charge >= 0.3 is 5.63 Å². The highest BCUT2D eigenvalue weighted by molar-refractivity contribution is 5.82. The molecule has 3 rings (SSSR count). The van der Waals surface area contributed by atoms with Crippen LogP contribution in [0.1, 0.15) is 5.56 Å². The van der Waals surface area contributed by atoms with Gasteiger partial charge in [0.25, 0.3) is 0 Å². The first-order valence-corrected chi connectivity index (χ1v) is 5.83. The van der Waals surface area contributed by atoms with Crippen LogP contribution in [0, 0.1) is 0 Å². The van der Waals surface area contributed by atoms with Gasteiger partial charge in [0.15, 0.2) is 11.3 Å².